The van der Waals surface area contributed by atoms with Crippen molar-refractivity contribution in [3.63, 3.8) is 0 Å². The van der Waals surface area contributed by atoms with E-state index in [1.165, 1.54) is 11.8 Å². The molecule has 1 heterocycles. The molecule has 1 saturated heterocycles. The predicted octanol–water partition coefficient (Wildman–Crippen LogP) is 0.470. The monoisotopic (exact) mass is 171 g/mol. The van der Waals surface area contributed by atoms with E-state index >= 15 is 0 Å². The number of likely N-dealkylation sites (tertiary alicyclic amines) is 1. The summed E-state index contributed by atoms with van der Waals surface area (Å²) in [7, 11) is 0. The normalized spacial score (nSPS) is 29.0. The van der Waals surface area contributed by atoms with E-state index in [1.54, 1.807) is 0 Å². The maximum Gasteiger partial charge on any atom is 0.326 e. The van der Waals surface area contributed by atoms with Gasteiger partial charge in [0.25, 0.3) is 0 Å². The second-order valence-corrected chi connectivity index (χ2v) is 3.21. The zero-order valence-electron chi connectivity index (χ0n) is 7.28. The molecule has 0 aromatic carbocycles. The van der Waals surface area contributed by atoms with Gasteiger partial charge in [-0.2, -0.15) is 0 Å². The first kappa shape index (κ1) is 9.03. The maximum absolute atomic E-state index is 11.0. The highest BCUT2D eigenvalue weighted by molar-refractivity contribution is 5.83. The molecule has 1 rings (SSSR count). The summed E-state index contributed by atoms with van der Waals surface area (Å²) in [5.74, 6) is -1.04. The van der Waals surface area contributed by atoms with E-state index in [9.17, 15) is 9.59 Å². The van der Waals surface area contributed by atoms with Crippen molar-refractivity contribution in [2.24, 2.45) is 0 Å². The van der Waals surface area contributed by atoms with E-state index in [2.05, 4.69) is 0 Å². The number of carboxylic acid groups (broad SMARTS) is 1. The van der Waals surface area contributed by atoms with Gasteiger partial charge in [0.2, 0.25) is 5.91 Å². The lowest BCUT2D eigenvalue weighted by atomic mass is 10.2. The van der Waals surface area contributed by atoms with Crippen molar-refractivity contribution in [2.45, 2.75) is 38.8 Å². The van der Waals surface area contributed by atoms with Crippen LogP contribution in [0.4, 0.5) is 0 Å². The molecule has 1 N–H and O–H groups in total. The van der Waals surface area contributed by atoms with E-state index in [1.807, 2.05) is 6.92 Å². The molecule has 1 aliphatic rings. The van der Waals surface area contributed by atoms with Gasteiger partial charge in [-0.1, -0.05) is 0 Å². The van der Waals surface area contributed by atoms with E-state index in [0.29, 0.717) is 6.42 Å². The molecule has 68 valence electrons. The first-order valence-corrected chi connectivity index (χ1v) is 4.05. The van der Waals surface area contributed by atoms with Crippen LogP contribution in [0.5, 0.6) is 0 Å². The summed E-state index contributed by atoms with van der Waals surface area (Å²) in [5, 5.41) is 8.76. The fraction of sp³-hybridized carbons (Fsp3) is 0.750. The summed E-state index contributed by atoms with van der Waals surface area (Å²) in [6.45, 7) is 3.29. The fourth-order valence-corrected chi connectivity index (χ4v) is 1.76. The molecule has 1 aliphatic heterocycles. The molecular formula is C8H13NO3. The zero-order valence-corrected chi connectivity index (χ0v) is 7.28. The first-order chi connectivity index (χ1) is 5.54. The summed E-state index contributed by atoms with van der Waals surface area (Å²) < 4.78 is 0. The van der Waals surface area contributed by atoms with Crippen molar-refractivity contribution in [3.05, 3.63) is 0 Å². The number of aliphatic carboxylic acids is 1. The van der Waals surface area contributed by atoms with Crippen LogP contribution < -0.4 is 0 Å². The molecule has 0 saturated carbocycles. The highest BCUT2D eigenvalue weighted by Crippen LogP contribution is 2.23. The average molecular weight is 171 g/mol. The molecule has 0 aliphatic carbocycles. The number of rotatable bonds is 1. The van der Waals surface area contributed by atoms with Crippen molar-refractivity contribution >= 4 is 11.9 Å². The van der Waals surface area contributed by atoms with Gasteiger partial charge in [-0.05, 0) is 19.8 Å². The fourth-order valence-electron chi connectivity index (χ4n) is 1.76. The number of nitrogens with zero attached hydrogens (tertiary/aromatic N) is 1. The molecule has 0 aromatic heterocycles. The Labute approximate surface area is 71.2 Å². The van der Waals surface area contributed by atoms with E-state index < -0.39 is 12.0 Å². The molecule has 12 heavy (non-hydrogen) atoms. The molecule has 0 radical (unpaired) electrons. The highest BCUT2D eigenvalue weighted by atomic mass is 16.4. The van der Waals surface area contributed by atoms with Gasteiger partial charge in [0.1, 0.15) is 6.04 Å². The van der Waals surface area contributed by atoms with Gasteiger partial charge in [0, 0.05) is 13.0 Å². The molecule has 4 heteroatoms. The molecule has 0 unspecified atom stereocenters. The van der Waals surface area contributed by atoms with Crippen molar-refractivity contribution < 1.29 is 14.7 Å². The lowest BCUT2D eigenvalue weighted by molar-refractivity contribution is -0.148. The van der Waals surface area contributed by atoms with Crippen molar-refractivity contribution in [1.29, 1.82) is 0 Å². The topological polar surface area (TPSA) is 57.6 Å². The minimum absolute atomic E-state index is 0.0728. The Bertz CT molecular complexity index is 214. The van der Waals surface area contributed by atoms with Crippen LogP contribution in [0.15, 0.2) is 0 Å². The smallest absolute Gasteiger partial charge is 0.326 e. The number of carbonyl (C=O) groups is 2. The van der Waals surface area contributed by atoms with Crippen molar-refractivity contribution in [2.75, 3.05) is 0 Å². The lowest BCUT2D eigenvalue weighted by Crippen LogP contribution is -2.42. The van der Waals surface area contributed by atoms with Crippen LogP contribution in [-0.2, 0) is 9.59 Å². The molecule has 0 aromatic rings. The molecular weight excluding hydrogens is 158 g/mol. The second-order valence-electron chi connectivity index (χ2n) is 3.21. The number of amides is 1. The summed E-state index contributed by atoms with van der Waals surface area (Å²) in [6.07, 6.45) is 1.37. The van der Waals surface area contributed by atoms with Crippen LogP contribution in [-0.4, -0.2) is 34.0 Å². The standard InChI is InChI=1S/C8H13NO3/c1-5-3-4-7(8(11)12)9(5)6(2)10/h5,7H,3-4H2,1-2H3,(H,11,12)/t5-,7+/m1/s1. The van der Waals surface area contributed by atoms with Crippen LogP contribution >= 0.6 is 0 Å². The Balaban J connectivity index is 2.77. The summed E-state index contributed by atoms with van der Waals surface area (Å²) in [6, 6.07) is -0.527. The minimum Gasteiger partial charge on any atom is -0.480 e. The minimum atomic E-state index is -0.894. The Morgan fingerprint density at radius 2 is 2.00 bits per heavy atom. The van der Waals surface area contributed by atoms with E-state index in [4.69, 9.17) is 5.11 Å². The third-order valence-electron chi connectivity index (χ3n) is 2.32. The molecule has 4 nitrogen and oxygen atoms in total. The van der Waals surface area contributed by atoms with Gasteiger partial charge in [-0.3, -0.25) is 4.79 Å². The van der Waals surface area contributed by atoms with Crippen LogP contribution in [0.25, 0.3) is 0 Å². The number of carbonyl (C=O) groups excluding carboxylic acids is 1. The van der Waals surface area contributed by atoms with Gasteiger partial charge >= 0.3 is 5.97 Å². The van der Waals surface area contributed by atoms with Gasteiger partial charge in [-0.15, -0.1) is 0 Å². The molecule has 1 fully saturated rings. The van der Waals surface area contributed by atoms with Crippen LogP contribution in [0.2, 0.25) is 0 Å². The maximum atomic E-state index is 11.0. The number of hydrogen-bond acceptors (Lipinski definition) is 2. The Hall–Kier alpha value is -1.06. The van der Waals surface area contributed by atoms with Gasteiger partial charge < -0.3 is 10.0 Å². The third kappa shape index (κ3) is 1.42. The second kappa shape index (κ2) is 3.13. The molecule has 2 atom stereocenters. The van der Waals surface area contributed by atoms with E-state index in [0.717, 1.165) is 6.42 Å². The van der Waals surface area contributed by atoms with Gasteiger partial charge in [-0.25, -0.2) is 4.79 Å². The predicted molar refractivity (Wildman–Crippen MR) is 42.6 cm³/mol. The first-order valence-electron chi connectivity index (χ1n) is 4.05. The van der Waals surface area contributed by atoms with Crippen LogP contribution in [0, 0.1) is 0 Å². The van der Waals surface area contributed by atoms with Crippen molar-refractivity contribution in [1.82, 2.24) is 4.90 Å². The quantitative estimate of drug-likeness (QED) is 0.624. The van der Waals surface area contributed by atoms with E-state index in [-0.39, 0.29) is 11.9 Å². The lowest BCUT2D eigenvalue weighted by Gasteiger charge is -2.24. The Morgan fingerprint density at radius 3 is 2.33 bits per heavy atom. The molecule has 1 amide bonds. The number of hydrogen-bond donors (Lipinski definition) is 1. The van der Waals surface area contributed by atoms with Crippen LogP contribution in [0.1, 0.15) is 26.7 Å². The van der Waals surface area contributed by atoms with Gasteiger partial charge in [0.15, 0.2) is 0 Å². The SMILES string of the molecule is CC(=O)N1[C@H](C)CC[C@H]1C(=O)O. The largest absolute Gasteiger partial charge is 0.480 e. The summed E-state index contributed by atoms with van der Waals surface area (Å²) in [4.78, 5) is 23.1. The molecule has 0 bridgehead atoms. The number of carboxylic acids is 1. The molecule has 0 spiro atoms. The van der Waals surface area contributed by atoms with Crippen LogP contribution in [0.3, 0.4) is 0 Å². The van der Waals surface area contributed by atoms with Gasteiger partial charge in [0.05, 0.1) is 0 Å². The average Bonchev–Trinajstić information content (AvgIpc) is 2.30. The highest BCUT2D eigenvalue weighted by Gasteiger charge is 2.36. The van der Waals surface area contributed by atoms with Crippen molar-refractivity contribution in [3.8, 4) is 0 Å². The third-order valence-corrected chi connectivity index (χ3v) is 2.32. The Kier molecular flexibility index (Phi) is 2.35. The summed E-state index contributed by atoms with van der Waals surface area (Å²) >= 11 is 0. The Morgan fingerprint density at radius 1 is 1.42 bits per heavy atom. The zero-order chi connectivity index (χ0) is 9.30. The summed E-state index contributed by atoms with van der Waals surface area (Å²) in [5.41, 5.74) is 0.